The fourth-order valence-electron chi connectivity index (χ4n) is 2.93. The van der Waals surface area contributed by atoms with Gasteiger partial charge in [0, 0.05) is 12.1 Å². The molecule has 6 heteroatoms. The normalized spacial score (nSPS) is 14.7. The number of nitro groups is 1. The number of aryl methyl sites for hydroxylation is 2. The maximum absolute atomic E-state index is 10.7. The van der Waals surface area contributed by atoms with Gasteiger partial charge in [-0.15, -0.1) is 0 Å². The Kier molecular flexibility index (Phi) is 4.97. The van der Waals surface area contributed by atoms with Gasteiger partial charge in [0.2, 0.25) is 0 Å². The van der Waals surface area contributed by atoms with Crippen LogP contribution in [0.2, 0.25) is 0 Å². The van der Waals surface area contributed by atoms with Gasteiger partial charge < -0.3 is 4.74 Å². The second-order valence-electron chi connectivity index (χ2n) is 6.17. The molecule has 0 amide bonds. The maximum Gasteiger partial charge on any atom is 0.269 e. The number of benzene rings is 2. The number of nitrogens with one attached hydrogen (secondary N) is 1. The van der Waals surface area contributed by atoms with Crippen molar-refractivity contribution >= 4 is 11.4 Å². The molecule has 0 aliphatic heterocycles. The summed E-state index contributed by atoms with van der Waals surface area (Å²) in [6, 6.07) is 12.5. The highest BCUT2D eigenvalue weighted by Gasteiger charge is 2.12. The Balaban J connectivity index is 1.59. The number of hydrogen-bond donors (Lipinski definition) is 1. The average Bonchev–Trinajstić information content (AvgIpc) is 3.07. The molecule has 6 nitrogen and oxygen atoms in total. The number of ether oxygens (including phenoxy) is 1. The van der Waals surface area contributed by atoms with Crippen molar-refractivity contribution in [1.29, 1.82) is 0 Å². The summed E-state index contributed by atoms with van der Waals surface area (Å²) in [4.78, 5) is 10.2. The predicted molar refractivity (Wildman–Crippen MR) is 97.0 cm³/mol. The van der Waals surface area contributed by atoms with Crippen molar-refractivity contribution in [3.63, 3.8) is 0 Å². The van der Waals surface area contributed by atoms with Crippen molar-refractivity contribution in [2.24, 2.45) is 5.10 Å². The molecule has 0 saturated carbocycles. The fourth-order valence-corrected chi connectivity index (χ4v) is 2.93. The lowest BCUT2D eigenvalue weighted by Crippen LogP contribution is -2.28. The molecule has 0 spiro atoms. The number of hydrazone groups is 1. The number of rotatable bonds is 6. The first kappa shape index (κ1) is 17.0. The lowest BCUT2D eigenvalue weighted by atomic mass is 10.0. The van der Waals surface area contributed by atoms with Crippen LogP contribution in [0.5, 0.6) is 5.75 Å². The largest absolute Gasteiger partial charge is 0.470 e. The van der Waals surface area contributed by atoms with Crippen molar-refractivity contribution < 1.29 is 9.66 Å². The standard InChI is InChI=1S/C19H21N3O3/c1-13(16-7-6-15-4-3-5-17(15)12-16)20-21-14(2)25-19-10-8-18(9-11-19)22(23)24/h6-12,14,21H,3-5H2,1-2H3/b20-13-/t14-/m0/s1. The van der Waals surface area contributed by atoms with Gasteiger partial charge in [0.05, 0.1) is 10.6 Å². The molecule has 2 aromatic rings. The molecule has 1 N–H and O–H groups in total. The van der Waals surface area contributed by atoms with Crippen molar-refractivity contribution in [3.05, 3.63) is 69.3 Å². The van der Waals surface area contributed by atoms with Crippen LogP contribution < -0.4 is 10.2 Å². The topological polar surface area (TPSA) is 76.8 Å². The Hall–Kier alpha value is -2.89. The van der Waals surface area contributed by atoms with Crippen LogP contribution in [-0.4, -0.2) is 16.9 Å². The van der Waals surface area contributed by atoms with Gasteiger partial charge in [-0.05, 0) is 68.0 Å². The molecular formula is C19H21N3O3. The average molecular weight is 339 g/mol. The van der Waals surface area contributed by atoms with E-state index in [1.165, 1.54) is 36.1 Å². The molecule has 3 rings (SSSR count). The van der Waals surface area contributed by atoms with E-state index in [-0.39, 0.29) is 11.9 Å². The number of nitrogens with zero attached hydrogens (tertiary/aromatic N) is 2. The summed E-state index contributed by atoms with van der Waals surface area (Å²) >= 11 is 0. The molecule has 0 bridgehead atoms. The van der Waals surface area contributed by atoms with Crippen molar-refractivity contribution in [1.82, 2.24) is 5.43 Å². The van der Waals surface area contributed by atoms with Crippen molar-refractivity contribution in [2.45, 2.75) is 39.3 Å². The highest BCUT2D eigenvalue weighted by atomic mass is 16.6. The predicted octanol–water partition coefficient (Wildman–Crippen LogP) is 3.82. The molecule has 0 aromatic heterocycles. The van der Waals surface area contributed by atoms with E-state index in [1.54, 1.807) is 12.1 Å². The van der Waals surface area contributed by atoms with Gasteiger partial charge in [0.25, 0.3) is 5.69 Å². The van der Waals surface area contributed by atoms with Crippen LogP contribution in [0.1, 0.15) is 37.0 Å². The second-order valence-corrected chi connectivity index (χ2v) is 6.17. The van der Waals surface area contributed by atoms with Gasteiger partial charge >= 0.3 is 0 Å². The first-order valence-corrected chi connectivity index (χ1v) is 8.36. The number of hydrogen-bond acceptors (Lipinski definition) is 5. The van der Waals surface area contributed by atoms with Gasteiger partial charge in [-0.3, -0.25) is 15.5 Å². The summed E-state index contributed by atoms with van der Waals surface area (Å²) in [5.41, 5.74) is 7.87. The maximum atomic E-state index is 10.7. The monoisotopic (exact) mass is 339 g/mol. The SMILES string of the molecule is C/C(=N/N[C@H](C)Oc1ccc([N+](=O)[O-])cc1)c1ccc2c(c1)CCC2. The summed E-state index contributed by atoms with van der Waals surface area (Å²) in [5.74, 6) is 0.552. The molecular weight excluding hydrogens is 318 g/mol. The Morgan fingerprint density at radius 3 is 2.64 bits per heavy atom. The van der Waals surface area contributed by atoms with Gasteiger partial charge in [-0.25, -0.2) is 0 Å². The van der Waals surface area contributed by atoms with E-state index in [0.717, 1.165) is 17.7 Å². The molecule has 1 atom stereocenters. The van der Waals surface area contributed by atoms with Gasteiger partial charge in [-0.2, -0.15) is 5.10 Å². The molecule has 0 unspecified atom stereocenters. The minimum Gasteiger partial charge on any atom is -0.470 e. The van der Waals surface area contributed by atoms with E-state index in [2.05, 4.69) is 28.7 Å². The van der Waals surface area contributed by atoms with Crippen molar-refractivity contribution in [3.8, 4) is 5.75 Å². The molecule has 0 fully saturated rings. The van der Waals surface area contributed by atoms with E-state index in [1.807, 2.05) is 13.8 Å². The van der Waals surface area contributed by atoms with Crippen LogP contribution in [0, 0.1) is 10.1 Å². The molecule has 1 aliphatic rings. The molecule has 130 valence electrons. The molecule has 0 heterocycles. The molecule has 1 aliphatic carbocycles. The summed E-state index contributed by atoms with van der Waals surface area (Å²) in [5, 5.41) is 15.0. The number of fused-ring (bicyclic) bond motifs is 1. The van der Waals surface area contributed by atoms with E-state index >= 15 is 0 Å². The third-order valence-corrected chi connectivity index (χ3v) is 4.29. The van der Waals surface area contributed by atoms with Crippen LogP contribution in [0.3, 0.4) is 0 Å². The Bertz CT molecular complexity index is 800. The number of non-ortho nitro benzene ring substituents is 1. The molecule has 0 radical (unpaired) electrons. The van der Waals surface area contributed by atoms with E-state index < -0.39 is 4.92 Å². The zero-order valence-corrected chi connectivity index (χ0v) is 14.4. The smallest absolute Gasteiger partial charge is 0.269 e. The van der Waals surface area contributed by atoms with E-state index in [0.29, 0.717) is 5.75 Å². The lowest BCUT2D eigenvalue weighted by molar-refractivity contribution is -0.384. The first-order chi connectivity index (χ1) is 12.0. The summed E-state index contributed by atoms with van der Waals surface area (Å²) in [7, 11) is 0. The Morgan fingerprint density at radius 2 is 1.92 bits per heavy atom. The summed E-state index contributed by atoms with van der Waals surface area (Å²) in [6.45, 7) is 3.79. The van der Waals surface area contributed by atoms with Gasteiger partial charge in [0.15, 0.2) is 6.23 Å². The quantitative estimate of drug-likeness (QED) is 0.376. The lowest BCUT2D eigenvalue weighted by Gasteiger charge is -2.15. The Morgan fingerprint density at radius 1 is 1.20 bits per heavy atom. The van der Waals surface area contributed by atoms with Crippen LogP contribution in [-0.2, 0) is 12.8 Å². The Labute approximate surface area is 146 Å². The van der Waals surface area contributed by atoms with Crippen molar-refractivity contribution in [2.75, 3.05) is 0 Å². The molecule has 0 saturated heterocycles. The minimum atomic E-state index is -0.435. The van der Waals surface area contributed by atoms with Crippen LogP contribution >= 0.6 is 0 Å². The zero-order valence-electron chi connectivity index (χ0n) is 14.4. The van der Waals surface area contributed by atoms with Crippen LogP contribution in [0.4, 0.5) is 5.69 Å². The second kappa shape index (κ2) is 7.34. The van der Waals surface area contributed by atoms with E-state index in [4.69, 9.17) is 4.74 Å². The molecule has 2 aromatic carbocycles. The fraction of sp³-hybridized carbons (Fsp3) is 0.316. The highest BCUT2D eigenvalue weighted by Crippen LogP contribution is 2.23. The third kappa shape index (κ3) is 4.15. The zero-order chi connectivity index (χ0) is 17.8. The summed E-state index contributed by atoms with van der Waals surface area (Å²) in [6.07, 6.45) is 3.19. The highest BCUT2D eigenvalue weighted by molar-refractivity contribution is 5.98. The van der Waals surface area contributed by atoms with Crippen LogP contribution in [0.15, 0.2) is 47.6 Å². The number of nitro benzene ring substituents is 1. The van der Waals surface area contributed by atoms with Gasteiger partial charge in [0.1, 0.15) is 5.75 Å². The van der Waals surface area contributed by atoms with Gasteiger partial charge in [-0.1, -0.05) is 12.1 Å². The first-order valence-electron chi connectivity index (χ1n) is 8.36. The van der Waals surface area contributed by atoms with Crippen LogP contribution in [0.25, 0.3) is 0 Å². The van der Waals surface area contributed by atoms with E-state index in [9.17, 15) is 10.1 Å². The summed E-state index contributed by atoms with van der Waals surface area (Å²) < 4.78 is 5.67. The third-order valence-electron chi connectivity index (χ3n) is 4.29. The minimum absolute atomic E-state index is 0.0402. The molecule has 25 heavy (non-hydrogen) atoms.